The number of hydrogen-bond acceptors (Lipinski definition) is 6. The van der Waals surface area contributed by atoms with E-state index in [-0.39, 0.29) is 12.1 Å². The van der Waals surface area contributed by atoms with Crippen LogP contribution in [0.15, 0.2) is 42.7 Å². The molecule has 0 radical (unpaired) electrons. The van der Waals surface area contributed by atoms with Gasteiger partial charge in [0.1, 0.15) is 12.4 Å². The zero-order valence-corrected chi connectivity index (χ0v) is 15.6. The van der Waals surface area contributed by atoms with Gasteiger partial charge in [-0.15, -0.1) is 0 Å². The predicted molar refractivity (Wildman–Crippen MR) is 98.9 cm³/mol. The Bertz CT molecular complexity index is 695. The summed E-state index contributed by atoms with van der Waals surface area (Å²) in [5.74, 6) is 2.28. The van der Waals surface area contributed by atoms with E-state index in [4.69, 9.17) is 18.9 Å². The summed E-state index contributed by atoms with van der Waals surface area (Å²) in [6, 6.07) is 10.1. The lowest BCUT2D eigenvalue weighted by atomic mass is 10.1. The van der Waals surface area contributed by atoms with Crippen LogP contribution in [0.4, 0.5) is 0 Å². The van der Waals surface area contributed by atoms with Gasteiger partial charge in [-0.3, -0.25) is 9.88 Å². The van der Waals surface area contributed by atoms with E-state index in [1.165, 1.54) is 5.56 Å². The first-order valence-corrected chi connectivity index (χ1v) is 8.74. The Balaban J connectivity index is 1.67. The second-order valence-electron chi connectivity index (χ2n) is 6.37. The van der Waals surface area contributed by atoms with Gasteiger partial charge < -0.3 is 18.9 Å². The molecule has 1 aliphatic rings. The molecule has 0 spiro atoms. The molecule has 0 bridgehead atoms. The van der Waals surface area contributed by atoms with Gasteiger partial charge >= 0.3 is 0 Å². The normalized spacial score (nSPS) is 20.1. The molecule has 2 heterocycles. The van der Waals surface area contributed by atoms with Crippen molar-refractivity contribution < 1.29 is 18.9 Å². The molecule has 0 N–H and O–H groups in total. The first kappa shape index (κ1) is 18.5. The number of nitrogens with zero attached hydrogens (tertiary/aromatic N) is 2. The van der Waals surface area contributed by atoms with Gasteiger partial charge in [-0.05, 0) is 36.2 Å². The number of methoxy groups -OCH3 is 3. The number of rotatable bonds is 8. The van der Waals surface area contributed by atoms with Gasteiger partial charge in [0.15, 0.2) is 11.5 Å². The molecular weight excluding hydrogens is 332 g/mol. The van der Waals surface area contributed by atoms with Crippen LogP contribution >= 0.6 is 0 Å². The smallest absolute Gasteiger partial charge is 0.161 e. The highest BCUT2D eigenvalue weighted by Crippen LogP contribution is 2.30. The molecule has 1 fully saturated rings. The zero-order valence-electron chi connectivity index (χ0n) is 15.6. The number of benzene rings is 1. The molecule has 140 valence electrons. The zero-order chi connectivity index (χ0) is 18.4. The van der Waals surface area contributed by atoms with E-state index in [9.17, 15) is 0 Å². The second kappa shape index (κ2) is 8.87. The highest BCUT2D eigenvalue weighted by Gasteiger charge is 2.32. The summed E-state index contributed by atoms with van der Waals surface area (Å²) in [6.07, 6.45) is 4.65. The molecule has 0 aliphatic carbocycles. The van der Waals surface area contributed by atoms with Crippen molar-refractivity contribution in [2.24, 2.45) is 0 Å². The van der Waals surface area contributed by atoms with Crippen molar-refractivity contribution in [3.8, 4) is 17.2 Å². The van der Waals surface area contributed by atoms with Crippen LogP contribution in [0.3, 0.4) is 0 Å². The Morgan fingerprint density at radius 2 is 1.96 bits per heavy atom. The maximum absolute atomic E-state index is 5.93. The molecule has 3 rings (SSSR count). The van der Waals surface area contributed by atoms with E-state index < -0.39 is 0 Å². The van der Waals surface area contributed by atoms with Crippen LogP contribution in [-0.4, -0.2) is 56.5 Å². The molecule has 0 unspecified atom stereocenters. The lowest BCUT2D eigenvalue weighted by molar-refractivity contribution is 0.107. The lowest BCUT2D eigenvalue weighted by Crippen LogP contribution is -2.33. The summed E-state index contributed by atoms with van der Waals surface area (Å²) >= 11 is 0. The van der Waals surface area contributed by atoms with Crippen molar-refractivity contribution in [2.75, 3.05) is 34.5 Å². The summed E-state index contributed by atoms with van der Waals surface area (Å²) < 4.78 is 22.3. The Kier molecular flexibility index (Phi) is 6.30. The van der Waals surface area contributed by atoms with Gasteiger partial charge in [0.05, 0.1) is 26.5 Å². The minimum Gasteiger partial charge on any atom is -0.493 e. The van der Waals surface area contributed by atoms with E-state index in [0.717, 1.165) is 36.8 Å². The van der Waals surface area contributed by atoms with Crippen molar-refractivity contribution in [3.05, 3.63) is 48.3 Å². The summed E-state index contributed by atoms with van der Waals surface area (Å²) in [6.45, 7) is 2.30. The average molecular weight is 358 g/mol. The SMILES string of the molecule is COc1ccc(CN2C[C@H](OC)C[C@H]2COc2cccnc2)cc1OC. The second-order valence-corrected chi connectivity index (χ2v) is 6.37. The lowest BCUT2D eigenvalue weighted by Gasteiger charge is -2.24. The molecular formula is C20H26N2O4. The van der Waals surface area contributed by atoms with Crippen molar-refractivity contribution in [2.45, 2.75) is 25.1 Å². The largest absolute Gasteiger partial charge is 0.493 e. The molecule has 2 aromatic rings. The third-order valence-electron chi connectivity index (χ3n) is 4.73. The standard InChI is InChI=1S/C20H26N2O4/c1-23-18-10-16(14-26-17-5-4-8-21-11-17)22(13-18)12-15-6-7-19(24-2)20(9-15)25-3/h4-9,11,16,18H,10,12-14H2,1-3H3/t16-,18+/m0/s1. The first-order valence-electron chi connectivity index (χ1n) is 8.74. The van der Waals surface area contributed by atoms with Crippen LogP contribution in [0.5, 0.6) is 17.2 Å². The van der Waals surface area contributed by atoms with Gasteiger partial charge in [0, 0.05) is 32.4 Å². The van der Waals surface area contributed by atoms with Crippen molar-refractivity contribution in [1.29, 1.82) is 0 Å². The molecule has 6 heteroatoms. The van der Waals surface area contributed by atoms with Crippen LogP contribution in [0.2, 0.25) is 0 Å². The quantitative estimate of drug-likeness (QED) is 0.723. The Labute approximate surface area is 154 Å². The fraction of sp³-hybridized carbons (Fsp3) is 0.450. The summed E-state index contributed by atoms with van der Waals surface area (Å²) in [4.78, 5) is 6.49. The van der Waals surface area contributed by atoms with Gasteiger partial charge in [-0.1, -0.05) is 6.07 Å². The number of ether oxygens (including phenoxy) is 4. The van der Waals surface area contributed by atoms with Gasteiger partial charge in [0.25, 0.3) is 0 Å². The van der Waals surface area contributed by atoms with Crippen molar-refractivity contribution in [1.82, 2.24) is 9.88 Å². The van der Waals surface area contributed by atoms with E-state index in [1.54, 1.807) is 33.7 Å². The average Bonchev–Trinajstić information content (AvgIpc) is 3.09. The van der Waals surface area contributed by atoms with Crippen LogP contribution in [0, 0.1) is 0 Å². The number of hydrogen-bond donors (Lipinski definition) is 0. The van der Waals surface area contributed by atoms with E-state index in [2.05, 4.69) is 16.0 Å². The molecule has 1 aromatic heterocycles. The van der Waals surface area contributed by atoms with Gasteiger partial charge in [-0.2, -0.15) is 0 Å². The molecule has 1 aromatic carbocycles. The van der Waals surface area contributed by atoms with Crippen LogP contribution in [0.25, 0.3) is 0 Å². The number of aromatic nitrogens is 1. The highest BCUT2D eigenvalue weighted by molar-refractivity contribution is 5.42. The molecule has 6 nitrogen and oxygen atoms in total. The molecule has 1 saturated heterocycles. The minimum atomic E-state index is 0.220. The molecule has 1 aliphatic heterocycles. The first-order chi connectivity index (χ1) is 12.7. The third-order valence-corrected chi connectivity index (χ3v) is 4.73. The number of pyridine rings is 1. The van der Waals surface area contributed by atoms with Gasteiger partial charge in [-0.25, -0.2) is 0 Å². The Morgan fingerprint density at radius 1 is 1.12 bits per heavy atom. The fourth-order valence-corrected chi connectivity index (χ4v) is 3.31. The topological polar surface area (TPSA) is 53.1 Å². The van der Waals surface area contributed by atoms with E-state index >= 15 is 0 Å². The molecule has 0 saturated carbocycles. The van der Waals surface area contributed by atoms with E-state index in [0.29, 0.717) is 6.61 Å². The summed E-state index contributed by atoms with van der Waals surface area (Å²) in [5, 5.41) is 0. The van der Waals surface area contributed by atoms with Gasteiger partial charge in [0.2, 0.25) is 0 Å². The highest BCUT2D eigenvalue weighted by atomic mass is 16.5. The van der Waals surface area contributed by atoms with Crippen LogP contribution in [-0.2, 0) is 11.3 Å². The fourth-order valence-electron chi connectivity index (χ4n) is 3.31. The van der Waals surface area contributed by atoms with Crippen LogP contribution < -0.4 is 14.2 Å². The minimum absolute atomic E-state index is 0.220. The summed E-state index contributed by atoms with van der Waals surface area (Å²) in [7, 11) is 5.07. The summed E-state index contributed by atoms with van der Waals surface area (Å²) in [5.41, 5.74) is 1.17. The monoisotopic (exact) mass is 358 g/mol. The van der Waals surface area contributed by atoms with Crippen molar-refractivity contribution >= 4 is 0 Å². The Hall–Kier alpha value is -2.31. The maximum atomic E-state index is 5.93. The molecule has 2 atom stereocenters. The van der Waals surface area contributed by atoms with Crippen molar-refractivity contribution in [3.63, 3.8) is 0 Å². The van der Waals surface area contributed by atoms with E-state index in [1.807, 2.05) is 24.3 Å². The van der Waals surface area contributed by atoms with Crippen LogP contribution in [0.1, 0.15) is 12.0 Å². The predicted octanol–water partition coefficient (Wildman–Crippen LogP) is 2.77. The Morgan fingerprint density at radius 3 is 2.65 bits per heavy atom. The number of likely N-dealkylation sites (tertiary alicyclic amines) is 1. The molecule has 0 amide bonds. The molecule has 26 heavy (non-hydrogen) atoms. The third kappa shape index (κ3) is 4.45. The maximum Gasteiger partial charge on any atom is 0.161 e.